The highest BCUT2D eigenvalue weighted by atomic mass is 16.2. The summed E-state index contributed by atoms with van der Waals surface area (Å²) in [6, 6.07) is -0.862. The van der Waals surface area contributed by atoms with Gasteiger partial charge in [-0.05, 0) is 25.2 Å². The van der Waals surface area contributed by atoms with E-state index in [1.165, 1.54) is 0 Å². The zero-order chi connectivity index (χ0) is 23.6. The molecule has 0 aromatic carbocycles. The van der Waals surface area contributed by atoms with Crippen LogP contribution in [0.4, 0.5) is 0 Å². The van der Waals surface area contributed by atoms with Crippen molar-refractivity contribution in [2.24, 2.45) is 11.8 Å². The summed E-state index contributed by atoms with van der Waals surface area (Å²) in [6.07, 6.45) is 11.5. The Hall–Kier alpha value is -2.90. The van der Waals surface area contributed by atoms with Crippen LogP contribution in [0.1, 0.15) is 47.5 Å². The molecule has 1 atom stereocenters. The molecule has 8 heteroatoms. The molecule has 0 rings (SSSR count). The zero-order valence-corrected chi connectivity index (χ0v) is 19.4. The smallest absolute Gasteiger partial charge is 0.243 e. The number of amides is 4. The lowest BCUT2D eigenvalue weighted by atomic mass is 10.1. The summed E-state index contributed by atoms with van der Waals surface area (Å²) < 4.78 is 0. The third kappa shape index (κ3) is 16.6. The maximum absolute atomic E-state index is 12.5. The van der Waals surface area contributed by atoms with Gasteiger partial charge in [-0.15, -0.1) is 0 Å². The summed E-state index contributed by atoms with van der Waals surface area (Å²) in [7, 11) is 0. The number of hydrogen-bond acceptors (Lipinski definition) is 4. The van der Waals surface area contributed by atoms with Gasteiger partial charge in [0.25, 0.3) is 0 Å². The summed E-state index contributed by atoms with van der Waals surface area (Å²) in [5.74, 6) is -0.967. The molecule has 4 N–H and O–H groups in total. The van der Waals surface area contributed by atoms with E-state index in [4.69, 9.17) is 0 Å². The maximum atomic E-state index is 12.5. The number of rotatable bonds is 14. The predicted molar refractivity (Wildman–Crippen MR) is 123 cm³/mol. The van der Waals surface area contributed by atoms with Crippen LogP contribution in [-0.4, -0.2) is 49.3 Å². The van der Waals surface area contributed by atoms with Gasteiger partial charge in [-0.2, -0.15) is 0 Å². The topological polar surface area (TPSA) is 116 Å². The summed E-state index contributed by atoms with van der Waals surface area (Å²) >= 11 is 0. The summed E-state index contributed by atoms with van der Waals surface area (Å²) in [5, 5.41) is 10.4. The number of carbonyl (C=O) groups excluding carboxylic acids is 4. The monoisotopic (exact) mass is 434 g/mol. The Kier molecular flexibility index (Phi) is 15.3. The van der Waals surface area contributed by atoms with Gasteiger partial charge in [-0.25, -0.2) is 0 Å². The molecule has 31 heavy (non-hydrogen) atoms. The van der Waals surface area contributed by atoms with Crippen molar-refractivity contribution in [1.82, 2.24) is 21.3 Å². The van der Waals surface area contributed by atoms with Crippen molar-refractivity contribution in [3.63, 3.8) is 0 Å². The van der Waals surface area contributed by atoms with Crippen molar-refractivity contribution >= 4 is 23.6 Å². The molecule has 0 bridgehead atoms. The SMILES string of the molecule is C\C=C/C=C\C=C\CC(NC(=O)CNC(=O)CC(C)C)C(=O)NCC(=O)NCC(C)C. The second kappa shape index (κ2) is 16.8. The molecule has 0 radical (unpaired) electrons. The molecule has 174 valence electrons. The third-order valence-corrected chi connectivity index (χ3v) is 3.86. The molecule has 1 unspecified atom stereocenters. The lowest BCUT2D eigenvalue weighted by Crippen LogP contribution is -2.51. The molecular weight excluding hydrogens is 396 g/mol. The molecular formula is C23H38N4O4. The molecule has 0 aromatic heterocycles. The van der Waals surface area contributed by atoms with Crippen molar-refractivity contribution < 1.29 is 19.2 Å². The second-order valence-electron chi connectivity index (χ2n) is 7.99. The first-order valence-electron chi connectivity index (χ1n) is 10.7. The van der Waals surface area contributed by atoms with Crippen molar-refractivity contribution in [3.8, 4) is 0 Å². The Balaban J connectivity index is 4.82. The van der Waals surface area contributed by atoms with Crippen LogP contribution in [0.5, 0.6) is 0 Å². The molecule has 0 aliphatic heterocycles. The largest absolute Gasteiger partial charge is 0.354 e. The first kappa shape index (κ1) is 28.1. The van der Waals surface area contributed by atoms with Crippen molar-refractivity contribution in [3.05, 3.63) is 36.5 Å². The first-order chi connectivity index (χ1) is 14.6. The van der Waals surface area contributed by atoms with Crippen LogP contribution in [0.2, 0.25) is 0 Å². The lowest BCUT2D eigenvalue weighted by molar-refractivity contribution is -0.131. The van der Waals surface area contributed by atoms with Gasteiger partial charge in [-0.1, -0.05) is 64.2 Å². The van der Waals surface area contributed by atoms with Gasteiger partial charge < -0.3 is 21.3 Å². The molecule has 0 saturated heterocycles. The van der Waals surface area contributed by atoms with Gasteiger partial charge in [0.1, 0.15) is 6.04 Å². The van der Waals surface area contributed by atoms with Crippen molar-refractivity contribution in [1.29, 1.82) is 0 Å². The molecule has 0 aliphatic carbocycles. The fraction of sp³-hybridized carbons (Fsp3) is 0.565. The van der Waals surface area contributed by atoms with E-state index in [0.717, 1.165) is 0 Å². The minimum Gasteiger partial charge on any atom is -0.354 e. The van der Waals surface area contributed by atoms with E-state index in [-0.39, 0.29) is 37.2 Å². The highest BCUT2D eigenvalue weighted by Gasteiger charge is 2.20. The number of nitrogens with one attached hydrogen (secondary N) is 4. The van der Waals surface area contributed by atoms with Crippen LogP contribution >= 0.6 is 0 Å². The van der Waals surface area contributed by atoms with Crippen LogP contribution in [-0.2, 0) is 19.2 Å². The zero-order valence-electron chi connectivity index (χ0n) is 19.4. The van der Waals surface area contributed by atoms with Gasteiger partial charge in [-0.3, -0.25) is 19.2 Å². The molecule has 0 aliphatic rings. The van der Waals surface area contributed by atoms with E-state index in [9.17, 15) is 19.2 Å². The molecule has 0 heterocycles. The van der Waals surface area contributed by atoms with Crippen LogP contribution in [0, 0.1) is 11.8 Å². The summed E-state index contributed by atoms with van der Waals surface area (Å²) in [4.78, 5) is 48.3. The molecule has 0 spiro atoms. The number of allylic oxidation sites excluding steroid dienone is 5. The molecule has 0 fully saturated rings. The summed E-state index contributed by atoms with van der Waals surface area (Å²) in [6.45, 7) is 9.81. The second-order valence-corrected chi connectivity index (χ2v) is 7.99. The fourth-order valence-electron chi connectivity index (χ4n) is 2.30. The highest BCUT2D eigenvalue weighted by molar-refractivity contribution is 5.92. The Morgan fingerprint density at radius 2 is 1.39 bits per heavy atom. The van der Waals surface area contributed by atoms with Crippen molar-refractivity contribution in [2.75, 3.05) is 19.6 Å². The molecule has 0 aromatic rings. The van der Waals surface area contributed by atoms with E-state index in [2.05, 4.69) is 21.3 Å². The van der Waals surface area contributed by atoms with Crippen molar-refractivity contribution in [2.45, 2.75) is 53.5 Å². The first-order valence-corrected chi connectivity index (χ1v) is 10.7. The van der Waals surface area contributed by atoms with Crippen LogP contribution < -0.4 is 21.3 Å². The minimum atomic E-state index is -0.862. The van der Waals surface area contributed by atoms with E-state index in [1.54, 1.807) is 12.2 Å². The molecule has 4 amide bonds. The van der Waals surface area contributed by atoms with Crippen LogP contribution in [0.15, 0.2) is 36.5 Å². The normalized spacial score (nSPS) is 12.6. The predicted octanol–water partition coefficient (Wildman–Crippen LogP) is 1.60. The molecule has 0 saturated carbocycles. The standard InChI is InChI=1S/C23H38N4O4/c1-6-7-8-9-10-11-12-19(23(31)26-15-21(29)24-14-18(4)5)27-22(30)16-25-20(28)13-17(2)3/h6-11,17-19H,12-16H2,1-5H3,(H,24,29)(H,25,28)(H,26,31)(H,27,30)/b7-6-,9-8-,11-10+. The minimum absolute atomic E-state index is 0.173. The van der Waals surface area contributed by atoms with Gasteiger partial charge in [0.15, 0.2) is 0 Å². The third-order valence-electron chi connectivity index (χ3n) is 3.86. The van der Waals surface area contributed by atoms with Crippen LogP contribution in [0.25, 0.3) is 0 Å². The summed E-state index contributed by atoms with van der Waals surface area (Å²) in [5.41, 5.74) is 0. The van der Waals surface area contributed by atoms with E-state index >= 15 is 0 Å². The average Bonchev–Trinajstić information content (AvgIpc) is 2.70. The van der Waals surface area contributed by atoms with Gasteiger partial charge >= 0.3 is 0 Å². The Labute approximate surface area is 186 Å². The Bertz CT molecular complexity index is 666. The number of hydrogen-bond donors (Lipinski definition) is 4. The average molecular weight is 435 g/mol. The maximum Gasteiger partial charge on any atom is 0.243 e. The van der Waals surface area contributed by atoms with E-state index < -0.39 is 17.9 Å². The fourth-order valence-corrected chi connectivity index (χ4v) is 2.30. The Morgan fingerprint density at radius 1 is 0.742 bits per heavy atom. The Morgan fingerprint density at radius 3 is 2.00 bits per heavy atom. The van der Waals surface area contributed by atoms with Gasteiger partial charge in [0.2, 0.25) is 23.6 Å². The number of carbonyl (C=O) groups is 4. The van der Waals surface area contributed by atoms with Gasteiger partial charge in [0.05, 0.1) is 13.1 Å². The molecule has 8 nitrogen and oxygen atoms in total. The van der Waals surface area contributed by atoms with Gasteiger partial charge in [0, 0.05) is 13.0 Å². The van der Waals surface area contributed by atoms with Crippen LogP contribution in [0.3, 0.4) is 0 Å². The quantitative estimate of drug-likeness (QED) is 0.311. The van der Waals surface area contributed by atoms with E-state index in [0.29, 0.717) is 18.9 Å². The lowest BCUT2D eigenvalue weighted by Gasteiger charge is -2.17. The highest BCUT2D eigenvalue weighted by Crippen LogP contribution is 1.98. The van der Waals surface area contributed by atoms with E-state index in [1.807, 2.05) is 58.9 Å².